The molecule has 0 spiro atoms. The van der Waals surface area contributed by atoms with Crippen LogP contribution in [0.2, 0.25) is 0 Å². The number of fused-ring (bicyclic) bond motifs is 8. The standard InChI is InChI=1S/C27H25F3N4/c1-5-18-14(3)22-11-16-7-9-20(31-16)26(27(28,29)30)21-10-8-17(32-21)12-23-15(4)19(6-2)25(34-23)13-24(18)33-22/h7-13,31-32H,5-6H2,1-4H3. The Kier molecular flexibility index (Phi) is 5.23. The minimum Gasteiger partial charge on any atom is -0.355 e. The molecular formula is C27H25F3N4. The molecule has 0 saturated heterocycles. The van der Waals surface area contributed by atoms with Crippen molar-refractivity contribution >= 4 is 44.4 Å². The van der Waals surface area contributed by atoms with E-state index in [2.05, 4.69) is 23.8 Å². The van der Waals surface area contributed by atoms with E-state index < -0.39 is 11.7 Å². The second-order valence-corrected chi connectivity index (χ2v) is 8.64. The molecule has 5 rings (SSSR count). The molecular weight excluding hydrogens is 437 g/mol. The predicted octanol–water partition coefficient (Wildman–Crippen LogP) is 8.02. The first kappa shape index (κ1) is 22.2. The fourth-order valence-electron chi connectivity index (χ4n) is 4.83. The summed E-state index contributed by atoms with van der Waals surface area (Å²) < 4.78 is 42.4. The molecule has 0 saturated carbocycles. The van der Waals surface area contributed by atoms with Crippen LogP contribution in [0.1, 0.15) is 68.9 Å². The zero-order chi connectivity index (χ0) is 24.2. The smallest absolute Gasteiger partial charge is 0.355 e. The van der Waals surface area contributed by atoms with Crippen LogP contribution in [0, 0.1) is 0 Å². The van der Waals surface area contributed by atoms with E-state index in [0.29, 0.717) is 11.0 Å². The van der Waals surface area contributed by atoms with Crippen LogP contribution in [0.3, 0.4) is 0 Å². The van der Waals surface area contributed by atoms with Crippen molar-refractivity contribution in [1.82, 2.24) is 19.9 Å². The van der Waals surface area contributed by atoms with Crippen LogP contribution in [0.15, 0.2) is 42.5 Å². The Morgan fingerprint density at radius 2 is 1.12 bits per heavy atom. The zero-order valence-corrected chi connectivity index (χ0v) is 19.5. The topological polar surface area (TPSA) is 57.4 Å². The number of halogens is 3. The molecule has 34 heavy (non-hydrogen) atoms. The highest BCUT2D eigenvalue weighted by Gasteiger charge is 2.34. The molecule has 8 bridgehead atoms. The van der Waals surface area contributed by atoms with Gasteiger partial charge in [-0.1, -0.05) is 13.8 Å². The third-order valence-electron chi connectivity index (χ3n) is 6.58. The summed E-state index contributed by atoms with van der Waals surface area (Å²) in [7, 11) is 0. The molecule has 0 aliphatic carbocycles. The number of aromatic amines is 2. The van der Waals surface area contributed by atoms with Crippen LogP contribution in [-0.4, -0.2) is 19.9 Å². The van der Waals surface area contributed by atoms with Gasteiger partial charge in [-0.3, -0.25) is 0 Å². The predicted molar refractivity (Wildman–Crippen MR) is 132 cm³/mol. The van der Waals surface area contributed by atoms with Gasteiger partial charge in [0.05, 0.1) is 33.8 Å². The fourth-order valence-corrected chi connectivity index (χ4v) is 4.83. The Hall–Kier alpha value is -3.61. The van der Waals surface area contributed by atoms with Crippen molar-refractivity contribution in [1.29, 1.82) is 0 Å². The van der Waals surface area contributed by atoms with Crippen LogP contribution in [-0.2, 0) is 6.18 Å². The Labute approximate surface area is 195 Å². The summed E-state index contributed by atoms with van der Waals surface area (Å²) in [6.45, 7) is 8.17. The van der Waals surface area contributed by atoms with Crippen LogP contribution < -0.4 is 0 Å². The number of nitrogens with zero attached hydrogens (tertiary/aromatic N) is 2. The molecule has 3 aromatic heterocycles. The van der Waals surface area contributed by atoms with Gasteiger partial charge < -0.3 is 9.97 Å². The van der Waals surface area contributed by atoms with Crippen molar-refractivity contribution in [2.45, 2.75) is 46.7 Å². The van der Waals surface area contributed by atoms with Crippen molar-refractivity contribution in [3.8, 4) is 0 Å². The summed E-state index contributed by atoms with van der Waals surface area (Å²) in [5, 5.41) is 0. The second kappa shape index (κ2) is 8.01. The molecule has 0 amide bonds. The van der Waals surface area contributed by atoms with Crippen LogP contribution in [0.5, 0.6) is 0 Å². The number of H-pyrrole nitrogens is 2. The van der Waals surface area contributed by atoms with E-state index in [0.717, 1.165) is 57.9 Å². The minimum atomic E-state index is -4.54. The van der Waals surface area contributed by atoms with Gasteiger partial charge in [-0.2, -0.15) is 13.2 Å². The Morgan fingerprint density at radius 3 is 1.50 bits per heavy atom. The van der Waals surface area contributed by atoms with Gasteiger partial charge in [0.25, 0.3) is 0 Å². The van der Waals surface area contributed by atoms with E-state index in [1.807, 2.05) is 19.9 Å². The zero-order valence-electron chi connectivity index (χ0n) is 19.5. The monoisotopic (exact) mass is 462 g/mol. The highest BCUT2D eigenvalue weighted by molar-refractivity contribution is 5.95. The van der Waals surface area contributed by atoms with E-state index in [1.165, 1.54) is 12.1 Å². The molecule has 2 aliphatic rings. The molecule has 0 radical (unpaired) electrons. The normalized spacial score (nSPS) is 14.3. The number of hydrogen-bond donors (Lipinski definition) is 2. The van der Waals surface area contributed by atoms with E-state index in [4.69, 9.17) is 9.97 Å². The average Bonchev–Trinajstić information content (AvgIpc) is 3.52. The van der Waals surface area contributed by atoms with Gasteiger partial charge in [-0.15, -0.1) is 0 Å². The lowest BCUT2D eigenvalue weighted by atomic mass is 10.0. The summed E-state index contributed by atoms with van der Waals surface area (Å²) in [5.74, 6) is 0. The highest BCUT2D eigenvalue weighted by atomic mass is 19.4. The summed E-state index contributed by atoms with van der Waals surface area (Å²) in [6, 6.07) is 11.9. The van der Waals surface area contributed by atoms with Gasteiger partial charge >= 0.3 is 6.18 Å². The third-order valence-corrected chi connectivity index (χ3v) is 6.58. The summed E-state index contributed by atoms with van der Waals surface area (Å²) in [6.07, 6.45) is -2.95. The molecule has 4 nitrogen and oxygen atoms in total. The molecule has 3 aromatic rings. The van der Waals surface area contributed by atoms with E-state index in [9.17, 15) is 13.2 Å². The largest absolute Gasteiger partial charge is 0.420 e. The molecule has 2 aliphatic heterocycles. The Morgan fingerprint density at radius 1 is 0.676 bits per heavy atom. The van der Waals surface area contributed by atoms with Gasteiger partial charge in [-0.25, -0.2) is 9.97 Å². The lowest BCUT2D eigenvalue weighted by molar-refractivity contribution is -0.135. The van der Waals surface area contributed by atoms with Crippen molar-refractivity contribution in [3.63, 3.8) is 0 Å². The highest BCUT2D eigenvalue weighted by Crippen LogP contribution is 2.37. The SMILES string of the molecule is CCC1=C(C)c2cc3ccc([nH]3)c(C(F)(F)F)c3ccc(cc4nc(cc1n2)C(CC)=C4C)[nH]3. The first-order valence-corrected chi connectivity index (χ1v) is 11.4. The summed E-state index contributed by atoms with van der Waals surface area (Å²) in [5.41, 5.74) is 7.88. The molecule has 2 N–H and O–H groups in total. The minimum absolute atomic E-state index is 0.00382. The number of hydrogen-bond acceptors (Lipinski definition) is 2. The van der Waals surface area contributed by atoms with Crippen LogP contribution >= 0.6 is 0 Å². The summed E-state index contributed by atoms with van der Waals surface area (Å²) in [4.78, 5) is 15.6. The maximum Gasteiger partial charge on any atom is 0.420 e. The Balaban J connectivity index is 1.95. The number of nitrogens with one attached hydrogen (secondary N) is 2. The molecule has 7 heteroatoms. The first-order valence-electron chi connectivity index (χ1n) is 11.4. The third kappa shape index (κ3) is 3.65. The molecule has 0 atom stereocenters. The number of rotatable bonds is 2. The van der Waals surface area contributed by atoms with Crippen molar-refractivity contribution < 1.29 is 13.2 Å². The average molecular weight is 463 g/mol. The lowest BCUT2D eigenvalue weighted by Gasteiger charge is -2.06. The fraction of sp³-hybridized carbons (Fsp3) is 0.259. The quantitative estimate of drug-likeness (QED) is 0.405. The number of alkyl halides is 3. The number of aromatic nitrogens is 4. The molecule has 0 fully saturated rings. The van der Waals surface area contributed by atoms with Crippen LogP contribution in [0.25, 0.3) is 44.4 Å². The lowest BCUT2D eigenvalue weighted by Crippen LogP contribution is -2.05. The van der Waals surface area contributed by atoms with Crippen LogP contribution in [0.4, 0.5) is 13.2 Å². The molecule has 174 valence electrons. The van der Waals surface area contributed by atoms with E-state index >= 15 is 0 Å². The molecule has 0 unspecified atom stereocenters. The molecule has 5 heterocycles. The maximum atomic E-state index is 14.1. The summed E-state index contributed by atoms with van der Waals surface area (Å²) >= 11 is 0. The van der Waals surface area contributed by atoms with Gasteiger partial charge in [0.15, 0.2) is 0 Å². The van der Waals surface area contributed by atoms with Crippen molar-refractivity contribution in [3.05, 3.63) is 70.8 Å². The first-order chi connectivity index (χ1) is 16.2. The van der Waals surface area contributed by atoms with Gasteiger partial charge in [0.1, 0.15) is 5.56 Å². The van der Waals surface area contributed by atoms with Crippen molar-refractivity contribution in [2.24, 2.45) is 0 Å². The van der Waals surface area contributed by atoms with Gasteiger partial charge in [-0.05, 0) is 91.4 Å². The van der Waals surface area contributed by atoms with Crippen molar-refractivity contribution in [2.75, 3.05) is 0 Å². The van der Waals surface area contributed by atoms with E-state index in [-0.39, 0.29) is 11.0 Å². The second-order valence-electron chi connectivity index (χ2n) is 8.64. The van der Waals surface area contributed by atoms with Gasteiger partial charge in [0.2, 0.25) is 0 Å². The maximum absolute atomic E-state index is 14.1. The van der Waals surface area contributed by atoms with Gasteiger partial charge in [0, 0.05) is 11.0 Å². The number of allylic oxidation sites excluding steroid dienone is 4. The van der Waals surface area contributed by atoms with E-state index in [1.54, 1.807) is 24.3 Å². The molecule has 0 aromatic carbocycles. The Bertz CT molecular complexity index is 1420.